The normalized spacial score (nSPS) is 46.2. The van der Waals surface area contributed by atoms with Gasteiger partial charge in [-0.15, -0.1) is 0 Å². The lowest BCUT2D eigenvalue weighted by Gasteiger charge is -2.67. The fourth-order valence-electron chi connectivity index (χ4n) is 8.52. The summed E-state index contributed by atoms with van der Waals surface area (Å²) in [4.78, 5) is 23.8. The van der Waals surface area contributed by atoms with Crippen molar-refractivity contribution in [1.82, 2.24) is 0 Å². The Labute approximate surface area is 170 Å². The van der Waals surface area contributed by atoms with E-state index in [1.165, 1.54) is 52.1 Å². The summed E-state index contributed by atoms with van der Waals surface area (Å²) in [5.74, 6) is 0.528. The minimum atomic E-state index is -0.510. The Morgan fingerprint density at radius 2 is 1.71 bits per heavy atom. The Bertz CT molecular complexity index is 670. The first-order valence-electron chi connectivity index (χ1n) is 11.3. The van der Waals surface area contributed by atoms with Crippen LogP contribution in [0.25, 0.3) is 0 Å². The summed E-state index contributed by atoms with van der Waals surface area (Å²) < 4.78 is 10.5. The average Bonchev–Trinajstić information content (AvgIpc) is 2.92. The van der Waals surface area contributed by atoms with Crippen LogP contribution in [0.4, 0.5) is 0 Å². The van der Waals surface area contributed by atoms with Crippen LogP contribution in [0.3, 0.4) is 0 Å². The topological polar surface area (TPSA) is 52.6 Å². The second-order valence-electron chi connectivity index (χ2n) is 11.5. The van der Waals surface area contributed by atoms with E-state index in [2.05, 4.69) is 32.4 Å². The Hall–Kier alpha value is -1.06. The molecule has 0 aromatic heterocycles. The summed E-state index contributed by atoms with van der Waals surface area (Å²) in [5, 5.41) is 0. The highest BCUT2D eigenvalue weighted by Gasteiger charge is 2.69. The molecule has 4 aliphatic carbocycles. The molecule has 6 atom stereocenters. The minimum Gasteiger partial charge on any atom is -0.469 e. The first-order chi connectivity index (χ1) is 13.1. The number of esters is 2. The van der Waals surface area contributed by atoms with E-state index in [9.17, 15) is 9.59 Å². The van der Waals surface area contributed by atoms with Crippen LogP contribution in [-0.4, -0.2) is 25.2 Å². The molecule has 0 aromatic carbocycles. The smallest absolute Gasteiger partial charge is 0.317 e. The van der Waals surface area contributed by atoms with Crippen molar-refractivity contribution in [1.29, 1.82) is 0 Å². The van der Waals surface area contributed by atoms with Gasteiger partial charge < -0.3 is 9.47 Å². The zero-order valence-electron chi connectivity index (χ0n) is 18.4. The van der Waals surface area contributed by atoms with Crippen molar-refractivity contribution in [2.45, 2.75) is 98.0 Å². The van der Waals surface area contributed by atoms with Crippen LogP contribution in [-0.2, 0) is 19.1 Å². The summed E-state index contributed by atoms with van der Waals surface area (Å²) in [6.07, 6.45) is 10.9. The molecule has 0 amide bonds. The molecular formula is C24H38O4. The Kier molecular flexibility index (Phi) is 4.67. The molecule has 0 N–H and O–H groups in total. The van der Waals surface area contributed by atoms with Gasteiger partial charge in [0.05, 0.1) is 7.11 Å². The maximum absolute atomic E-state index is 12.3. The molecule has 0 aliphatic heterocycles. The molecule has 4 saturated carbocycles. The van der Waals surface area contributed by atoms with Crippen LogP contribution in [0, 0.1) is 33.5 Å². The molecule has 4 aliphatic rings. The van der Waals surface area contributed by atoms with Crippen molar-refractivity contribution in [3.8, 4) is 0 Å². The van der Waals surface area contributed by atoms with Crippen molar-refractivity contribution in [3.05, 3.63) is 0 Å². The summed E-state index contributed by atoms with van der Waals surface area (Å²) in [7, 11) is 1.31. The number of carbonyl (C=O) groups is 2. The molecule has 0 unspecified atom stereocenters. The predicted molar refractivity (Wildman–Crippen MR) is 107 cm³/mol. The van der Waals surface area contributed by atoms with Gasteiger partial charge in [-0.25, -0.2) is 0 Å². The largest absolute Gasteiger partial charge is 0.469 e. The van der Waals surface area contributed by atoms with Crippen LogP contribution in [0.2, 0.25) is 0 Å². The third-order valence-electron chi connectivity index (χ3n) is 9.88. The number of hydrogen-bond acceptors (Lipinski definition) is 4. The van der Waals surface area contributed by atoms with E-state index in [4.69, 9.17) is 4.74 Å². The molecule has 28 heavy (non-hydrogen) atoms. The standard InChI is InChI=1S/C24H38O4/c1-21(2)9-6-10-23(4)17(21)8-7-16-13-18(28-20(26)14-19(25)27-5)22(3)11-12-24(16,23)15-22/h16-18H,6-15H2,1-5H3/t16-,17-,18+,22-,23-,24-/m0/s1. The van der Waals surface area contributed by atoms with Gasteiger partial charge in [-0.05, 0) is 79.4 Å². The third-order valence-corrected chi connectivity index (χ3v) is 9.88. The quantitative estimate of drug-likeness (QED) is 0.486. The zero-order chi connectivity index (χ0) is 20.4. The molecule has 2 bridgehead atoms. The van der Waals surface area contributed by atoms with E-state index in [-0.39, 0.29) is 17.9 Å². The molecule has 4 nitrogen and oxygen atoms in total. The van der Waals surface area contributed by atoms with Crippen molar-refractivity contribution >= 4 is 11.9 Å². The van der Waals surface area contributed by atoms with E-state index >= 15 is 0 Å². The van der Waals surface area contributed by atoms with E-state index in [1.54, 1.807) is 0 Å². The second kappa shape index (κ2) is 6.47. The SMILES string of the molecule is COC(=O)CC(=O)O[C@@H]1C[C@@H]2CC[C@H]3C(C)(C)CCC[C@]3(C)[C@]23CC[C@@]1(C)C3. The summed E-state index contributed by atoms with van der Waals surface area (Å²) in [6, 6.07) is 0. The fourth-order valence-corrected chi connectivity index (χ4v) is 8.52. The number of carbonyl (C=O) groups excluding carboxylic acids is 2. The van der Waals surface area contributed by atoms with Gasteiger partial charge >= 0.3 is 11.9 Å². The van der Waals surface area contributed by atoms with Gasteiger partial charge in [0.1, 0.15) is 12.5 Å². The highest BCUT2D eigenvalue weighted by atomic mass is 16.6. The summed E-state index contributed by atoms with van der Waals surface area (Å²) in [5.41, 5.74) is 1.31. The number of ether oxygens (including phenoxy) is 2. The molecular weight excluding hydrogens is 352 g/mol. The lowest BCUT2D eigenvalue weighted by atomic mass is 9.38. The number of hydrogen-bond donors (Lipinski definition) is 0. The molecule has 0 heterocycles. The minimum absolute atomic E-state index is 0.0504. The van der Waals surface area contributed by atoms with Crippen molar-refractivity contribution in [2.75, 3.05) is 7.11 Å². The van der Waals surface area contributed by atoms with Crippen LogP contribution < -0.4 is 0 Å². The summed E-state index contributed by atoms with van der Waals surface area (Å²) in [6.45, 7) is 9.94. The third kappa shape index (κ3) is 2.76. The maximum Gasteiger partial charge on any atom is 0.317 e. The lowest BCUT2D eigenvalue weighted by molar-refractivity contribution is -0.199. The van der Waals surface area contributed by atoms with E-state index < -0.39 is 11.9 Å². The first kappa shape index (κ1) is 20.2. The summed E-state index contributed by atoms with van der Waals surface area (Å²) >= 11 is 0. The van der Waals surface area contributed by atoms with Crippen molar-refractivity contribution in [2.24, 2.45) is 33.5 Å². The Morgan fingerprint density at radius 3 is 2.43 bits per heavy atom. The molecule has 0 radical (unpaired) electrons. The first-order valence-corrected chi connectivity index (χ1v) is 11.3. The highest BCUT2D eigenvalue weighted by molar-refractivity contribution is 5.91. The molecule has 4 heteroatoms. The maximum atomic E-state index is 12.3. The van der Waals surface area contributed by atoms with Gasteiger partial charge in [0.25, 0.3) is 0 Å². The molecule has 4 fully saturated rings. The highest BCUT2D eigenvalue weighted by Crippen LogP contribution is 2.76. The average molecular weight is 391 g/mol. The van der Waals surface area contributed by atoms with Crippen LogP contribution in [0.5, 0.6) is 0 Å². The van der Waals surface area contributed by atoms with Crippen LogP contribution >= 0.6 is 0 Å². The number of rotatable bonds is 3. The van der Waals surface area contributed by atoms with E-state index in [0.717, 1.165) is 18.8 Å². The van der Waals surface area contributed by atoms with Gasteiger partial charge in [0.2, 0.25) is 0 Å². The van der Waals surface area contributed by atoms with Crippen molar-refractivity contribution in [3.63, 3.8) is 0 Å². The monoisotopic (exact) mass is 390 g/mol. The van der Waals surface area contributed by atoms with Crippen LogP contribution in [0.15, 0.2) is 0 Å². The van der Waals surface area contributed by atoms with Gasteiger partial charge in [0, 0.05) is 5.41 Å². The van der Waals surface area contributed by atoms with E-state index in [1.807, 2.05) is 0 Å². The molecule has 1 spiro atoms. The van der Waals surface area contributed by atoms with Crippen molar-refractivity contribution < 1.29 is 19.1 Å². The molecule has 158 valence electrons. The van der Waals surface area contributed by atoms with Gasteiger partial charge in [0.15, 0.2) is 0 Å². The van der Waals surface area contributed by atoms with Crippen LogP contribution in [0.1, 0.15) is 91.9 Å². The van der Waals surface area contributed by atoms with Gasteiger partial charge in [-0.2, -0.15) is 0 Å². The van der Waals surface area contributed by atoms with Gasteiger partial charge in [-0.3, -0.25) is 9.59 Å². The zero-order valence-corrected chi connectivity index (χ0v) is 18.4. The number of methoxy groups -OCH3 is 1. The Morgan fingerprint density at radius 1 is 0.964 bits per heavy atom. The fraction of sp³-hybridized carbons (Fsp3) is 0.917. The van der Waals surface area contributed by atoms with Gasteiger partial charge in [-0.1, -0.05) is 34.1 Å². The number of fused-ring (bicyclic) bond motifs is 2. The second-order valence-corrected chi connectivity index (χ2v) is 11.5. The lowest BCUT2D eigenvalue weighted by Crippen LogP contribution is -2.60. The molecule has 0 saturated heterocycles. The Balaban J connectivity index is 1.59. The predicted octanol–water partition coefficient (Wildman–Crippen LogP) is 5.28. The molecule has 0 aromatic rings. The van der Waals surface area contributed by atoms with E-state index in [0.29, 0.717) is 22.2 Å². The molecule has 4 rings (SSSR count).